The fourth-order valence-electron chi connectivity index (χ4n) is 4.88. The zero-order valence-electron chi connectivity index (χ0n) is 30.7. The maximum Gasteiger partial charge on any atom is 0.414 e. The smallest absolute Gasteiger partial charge is 0.414 e. The van der Waals surface area contributed by atoms with Gasteiger partial charge in [0, 0.05) is 17.0 Å². The molecule has 0 aliphatic carbocycles. The number of alkyl carbamates (subject to hydrolysis) is 1. The highest BCUT2D eigenvalue weighted by Crippen LogP contribution is 2.33. The van der Waals surface area contributed by atoms with Gasteiger partial charge in [0.25, 0.3) is 5.91 Å². The van der Waals surface area contributed by atoms with Gasteiger partial charge < -0.3 is 19.5 Å². The maximum absolute atomic E-state index is 13.8. The fourth-order valence-corrected chi connectivity index (χ4v) is 6.21. The largest absolute Gasteiger partial charge is 0.490 e. The molecule has 0 fully saturated rings. The van der Waals surface area contributed by atoms with E-state index in [4.69, 9.17) is 37.4 Å². The number of benzene rings is 2. The highest BCUT2D eigenvalue weighted by molar-refractivity contribution is 7.06. The molecular weight excluding hydrogens is 743 g/mol. The zero-order valence-corrected chi connectivity index (χ0v) is 33.1. The van der Waals surface area contributed by atoms with Crippen molar-refractivity contribution >= 4 is 70.4 Å². The summed E-state index contributed by atoms with van der Waals surface area (Å²) in [6, 6.07) is 10.3. The maximum atomic E-state index is 13.8. The molecule has 16 heteroatoms. The Kier molecular flexibility index (Phi) is 13.9. The van der Waals surface area contributed by atoms with Crippen molar-refractivity contribution in [2.75, 3.05) is 25.0 Å². The first-order valence-electron chi connectivity index (χ1n) is 16.8. The number of hydrogen-bond donors (Lipinski definition) is 3. The average molecular weight is 788 g/mol. The Morgan fingerprint density at radius 3 is 2.26 bits per heavy atom. The number of guanidine groups is 1. The molecule has 0 unspecified atom stereocenters. The van der Waals surface area contributed by atoms with Crippen LogP contribution < -0.4 is 20.7 Å². The summed E-state index contributed by atoms with van der Waals surface area (Å²) in [6.07, 6.45) is 3.51. The number of aliphatic imine (C=N–C) groups is 1. The molecule has 4 bridgehead atoms. The molecule has 2 aromatic carbocycles. The minimum absolute atomic E-state index is 0.0882. The number of allylic oxidation sites excluding steroid dienone is 1. The first-order chi connectivity index (χ1) is 24.9. The number of nitrogens with zero attached hydrogens (tertiary/aromatic N) is 3. The number of anilines is 1. The van der Waals surface area contributed by atoms with Crippen molar-refractivity contribution < 1.29 is 33.4 Å². The number of carbonyl (C=O) groups is 4. The first-order valence-corrected chi connectivity index (χ1v) is 18.4. The van der Waals surface area contributed by atoms with Crippen LogP contribution in [0, 0.1) is 6.92 Å². The molecule has 0 saturated heterocycles. The Hall–Kier alpha value is -4.66. The van der Waals surface area contributed by atoms with Crippen LogP contribution in [0.2, 0.25) is 10.0 Å². The molecule has 53 heavy (non-hydrogen) atoms. The minimum Gasteiger partial charge on any atom is -0.490 e. The van der Waals surface area contributed by atoms with Crippen LogP contribution in [0.1, 0.15) is 75.2 Å². The molecule has 3 N–H and O–H groups in total. The van der Waals surface area contributed by atoms with Gasteiger partial charge in [0.15, 0.2) is 0 Å². The van der Waals surface area contributed by atoms with Crippen LogP contribution in [0.5, 0.6) is 5.75 Å². The highest BCUT2D eigenvalue weighted by Gasteiger charge is 2.26. The van der Waals surface area contributed by atoms with Gasteiger partial charge in [0.05, 0.1) is 33.5 Å². The SMILES string of the molecule is Cc1snc2c1C(=O)NC(NC(=O)OC(C)(C)C)=NCc1cc(Cl)c(c(Cl)c1)NC(=O)CN(C(=O)OC(C)(C)C)CCC/C=C\COc1ccc-2cc1. The van der Waals surface area contributed by atoms with Gasteiger partial charge in [-0.25, -0.2) is 14.6 Å². The lowest BCUT2D eigenvalue weighted by Gasteiger charge is -2.27. The lowest BCUT2D eigenvalue weighted by atomic mass is 10.1. The van der Waals surface area contributed by atoms with Crippen LogP contribution in [0.15, 0.2) is 53.5 Å². The van der Waals surface area contributed by atoms with Crippen LogP contribution in [0.25, 0.3) is 11.3 Å². The summed E-state index contributed by atoms with van der Waals surface area (Å²) in [7, 11) is 0. The normalized spacial score (nSPS) is 15.7. The topological polar surface area (TPSA) is 161 Å². The predicted octanol–water partition coefficient (Wildman–Crippen LogP) is 8.14. The third-order valence-corrected chi connectivity index (χ3v) is 8.50. The van der Waals surface area contributed by atoms with Gasteiger partial charge in [-0.2, -0.15) is 4.37 Å². The van der Waals surface area contributed by atoms with Gasteiger partial charge in [-0.1, -0.05) is 35.4 Å². The number of aryl methyl sites for hydroxylation is 1. The van der Waals surface area contributed by atoms with Gasteiger partial charge >= 0.3 is 12.2 Å². The van der Waals surface area contributed by atoms with E-state index in [-0.39, 0.29) is 41.3 Å². The van der Waals surface area contributed by atoms with Crippen molar-refractivity contribution in [2.45, 2.75) is 79.1 Å². The number of ether oxygens (including phenoxy) is 3. The van der Waals surface area contributed by atoms with Crippen LogP contribution in [0.4, 0.5) is 15.3 Å². The Balaban J connectivity index is 1.69. The van der Waals surface area contributed by atoms with Crippen molar-refractivity contribution in [3.8, 4) is 17.0 Å². The molecule has 284 valence electrons. The summed E-state index contributed by atoms with van der Waals surface area (Å²) in [6.45, 7) is 12.3. The summed E-state index contributed by atoms with van der Waals surface area (Å²) in [5.41, 5.74) is 0.492. The predicted molar refractivity (Wildman–Crippen MR) is 207 cm³/mol. The van der Waals surface area contributed by atoms with E-state index in [1.807, 2.05) is 12.2 Å². The van der Waals surface area contributed by atoms with E-state index in [1.165, 1.54) is 16.4 Å². The van der Waals surface area contributed by atoms with Crippen LogP contribution in [-0.4, -0.2) is 70.1 Å². The van der Waals surface area contributed by atoms with Crippen LogP contribution in [-0.2, 0) is 20.8 Å². The minimum atomic E-state index is -0.836. The van der Waals surface area contributed by atoms with E-state index < -0.39 is 35.2 Å². The van der Waals surface area contributed by atoms with E-state index in [2.05, 4.69) is 25.3 Å². The van der Waals surface area contributed by atoms with Crippen molar-refractivity contribution in [3.05, 3.63) is 74.6 Å². The van der Waals surface area contributed by atoms with E-state index in [0.717, 1.165) is 0 Å². The number of amides is 4. The number of carbonyl (C=O) groups excluding carboxylic acids is 4. The van der Waals surface area contributed by atoms with E-state index in [0.29, 0.717) is 52.5 Å². The fraction of sp³-hybridized carbons (Fsp3) is 0.405. The van der Waals surface area contributed by atoms with Crippen molar-refractivity contribution in [1.29, 1.82) is 0 Å². The molecule has 4 aliphatic rings. The number of aromatic nitrogens is 1. The Morgan fingerprint density at radius 1 is 0.962 bits per heavy atom. The summed E-state index contributed by atoms with van der Waals surface area (Å²) < 4.78 is 21.3. The third kappa shape index (κ3) is 12.8. The van der Waals surface area contributed by atoms with E-state index in [9.17, 15) is 19.2 Å². The van der Waals surface area contributed by atoms with Gasteiger partial charge in [-0.05, 0) is 115 Å². The first kappa shape index (κ1) is 41.1. The second-order valence-corrected chi connectivity index (χ2v) is 15.8. The molecule has 1 aromatic heterocycles. The Labute approximate surface area is 323 Å². The summed E-state index contributed by atoms with van der Waals surface area (Å²) in [5, 5.41) is 8.12. The van der Waals surface area contributed by atoms with Gasteiger partial charge in [-0.15, -0.1) is 0 Å². The van der Waals surface area contributed by atoms with Crippen LogP contribution in [0.3, 0.4) is 0 Å². The average Bonchev–Trinajstić information content (AvgIpc) is 3.43. The van der Waals surface area contributed by atoms with Gasteiger partial charge in [-0.3, -0.25) is 25.1 Å². The van der Waals surface area contributed by atoms with Crippen LogP contribution >= 0.6 is 34.7 Å². The molecule has 0 atom stereocenters. The van der Waals surface area contributed by atoms with E-state index >= 15 is 0 Å². The molecule has 0 saturated carbocycles. The van der Waals surface area contributed by atoms with Gasteiger partial charge in [0.1, 0.15) is 30.1 Å². The quantitative estimate of drug-likeness (QED) is 0.193. The molecule has 0 radical (unpaired) electrons. The number of halogens is 2. The van der Waals surface area contributed by atoms with Crippen molar-refractivity contribution in [2.24, 2.45) is 4.99 Å². The van der Waals surface area contributed by atoms with Gasteiger partial charge in [0.2, 0.25) is 11.9 Å². The lowest BCUT2D eigenvalue weighted by molar-refractivity contribution is -0.117. The number of nitrogens with one attached hydrogen (secondary N) is 3. The molecule has 7 rings (SSSR count). The van der Waals surface area contributed by atoms with Crippen molar-refractivity contribution in [1.82, 2.24) is 19.9 Å². The molecule has 13 nitrogen and oxygen atoms in total. The summed E-state index contributed by atoms with van der Waals surface area (Å²) in [4.78, 5) is 59.2. The second-order valence-electron chi connectivity index (χ2n) is 14.0. The second kappa shape index (κ2) is 17.9. The molecule has 3 aromatic rings. The zero-order chi connectivity index (χ0) is 38.9. The standard InChI is InChI=1S/C37H44Cl2N6O7S/c1-22-29-30(44-53-22)24-12-14-25(15-13-24)50-17-11-9-8-10-16-45(35(49)52-37(5,6)7)21-28(46)41-31-26(38)18-23(19-27(31)39)20-40-33(42-32(29)47)43-34(48)51-36(2,3)4/h9,11-15,18-19H,8,10,16-17,20-21H2,1-7H3,(H,41,46)(H2,40,42,43,47,48)/b11-9-. The lowest BCUT2D eigenvalue weighted by Crippen LogP contribution is -2.46. The third-order valence-electron chi connectivity index (χ3n) is 7.15. The molecular formula is C37H44Cl2N6O7S. The Morgan fingerprint density at radius 2 is 1.62 bits per heavy atom. The molecule has 5 heterocycles. The number of rotatable bonds is 0. The van der Waals surface area contributed by atoms with E-state index in [1.54, 1.807) is 84.9 Å². The monoisotopic (exact) mass is 786 g/mol. The summed E-state index contributed by atoms with van der Waals surface area (Å²) >= 11 is 14.3. The molecule has 4 amide bonds. The Bertz CT molecular complexity index is 1860. The van der Waals surface area contributed by atoms with Crippen molar-refractivity contribution in [3.63, 3.8) is 0 Å². The molecule has 0 spiro atoms. The number of hydrogen-bond acceptors (Lipinski definition) is 10. The summed E-state index contributed by atoms with van der Waals surface area (Å²) in [5.74, 6) is -0.664. The highest BCUT2D eigenvalue weighted by atomic mass is 35.5. The molecule has 4 aliphatic heterocycles.